The Bertz CT molecular complexity index is 1160. The number of piperidine rings is 1. The van der Waals surface area contributed by atoms with Crippen LogP contribution in [0.4, 0.5) is 10.1 Å². The molecule has 1 heterocycles. The second kappa shape index (κ2) is 8.99. The molecule has 1 aliphatic heterocycles. The van der Waals surface area contributed by atoms with Crippen molar-refractivity contribution in [3.63, 3.8) is 0 Å². The minimum Gasteiger partial charge on any atom is -0.325 e. The van der Waals surface area contributed by atoms with E-state index in [1.54, 1.807) is 0 Å². The molecule has 3 aromatic rings. The molecule has 1 amide bonds. The zero-order chi connectivity index (χ0) is 21.8. The molecule has 5 nitrogen and oxygen atoms in total. The van der Waals surface area contributed by atoms with E-state index in [2.05, 4.69) is 5.32 Å². The molecule has 1 fully saturated rings. The number of rotatable bonds is 5. The lowest BCUT2D eigenvalue weighted by Gasteiger charge is -2.31. The summed E-state index contributed by atoms with van der Waals surface area (Å²) in [7, 11) is -3.78. The lowest BCUT2D eigenvalue weighted by atomic mass is 9.98. The third kappa shape index (κ3) is 4.68. The number of anilines is 1. The summed E-state index contributed by atoms with van der Waals surface area (Å²) in [6, 6.07) is 22.1. The van der Waals surface area contributed by atoms with Crippen LogP contribution in [0.1, 0.15) is 12.8 Å². The standard InChI is InChI=1S/C24H23FN2O3S/c25-20-12-14-21(15-13-20)31(29,30)27-16-6-9-19(17-27)24(28)26-23-11-5-4-10-22(23)18-7-2-1-3-8-18/h1-5,7-8,10-15,19H,6,9,16-17H2,(H,26,28)/t19-/m0/s1. The average Bonchev–Trinajstić information content (AvgIpc) is 2.80. The number of benzene rings is 3. The van der Waals surface area contributed by atoms with Crippen LogP contribution in [0.5, 0.6) is 0 Å². The van der Waals surface area contributed by atoms with Crippen LogP contribution in [0.25, 0.3) is 11.1 Å². The van der Waals surface area contributed by atoms with Gasteiger partial charge in [0, 0.05) is 24.3 Å². The number of nitrogens with one attached hydrogen (secondary N) is 1. The summed E-state index contributed by atoms with van der Waals surface area (Å²) < 4.78 is 40.4. The Morgan fingerprint density at radius 3 is 2.35 bits per heavy atom. The fourth-order valence-electron chi connectivity index (χ4n) is 3.83. The summed E-state index contributed by atoms with van der Waals surface area (Å²) in [5.41, 5.74) is 2.59. The van der Waals surface area contributed by atoms with E-state index < -0.39 is 21.8 Å². The molecular formula is C24H23FN2O3S. The number of halogens is 1. The minimum atomic E-state index is -3.78. The largest absolute Gasteiger partial charge is 0.325 e. The molecule has 0 spiro atoms. The molecule has 0 radical (unpaired) electrons. The van der Waals surface area contributed by atoms with Crippen molar-refractivity contribution in [3.8, 4) is 11.1 Å². The molecule has 1 aliphatic rings. The van der Waals surface area contributed by atoms with Crippen molar-refractivity contribution in [2.24, 2.45) is 5.92 Å². The molecule has 0 saturated carbocycles. The number of hydrogen-bond acceptors (Lipinski definition) is 3. The van der Waals surface area contributed by atoms with Gasteiger partial charge in [-0.05, 0) is 48.7 Å². The molecule has 160 valence electrons. The molecule has 1 saturated heterocycles. The summed E-state index contributed by atoms with van der Waals surface area (Å²) in [4.78, 5) is 13.1. The molecule has 0 unspecified atom stereocenters. The summed E-state index contributed by atoms with van der Waals surface area (Å²) in [6.45, 7) is 0.434. The Morgan fingerprint density at radius 1 is 0.935 bits per heavy atom. The van der Waals surface area contributed by atoms with E-state index >= 15 is 0 Å². The van der Waals surface area contributed by atoms with E-state index in [0.717, 1.165) is 23.3 Å². The average molecular weight is 439 g/mol. The highest BCUT2D eigenvalue weighted by atomic mass is 32.2. The zero-order valence-electron chi connectivity index (χ0n) is 16.9. The van der Waals surface area contributed by atoms with E-state index in [1.807, 2.05) is 54.6 Å². The second-order valence-electron chi connectivity index (χ2n) is 7.56. The fourth-order valence-corrected chi connectivity index (χ4v) is 5.35. The van der Waals surface area contributed by atoms with Gasteiger partial charge in [0.15, 0.2) is 0 Å². The summed E-state index contributed by atoms with van der Waals surface area (Å²) in [5, 5.41) is 2.99. The Balaban J connectivity index is 1.51. The van der Waals surface area contributed by atoms with Crippen molar-refractivity contribution in [3.05, 3.63) is 84.7 Å². The van der Waals surface area contributed by atoms with E-state index in [4.69, 9.17) is 0 Å². The number of amides is 1. The number of carbonyl (C=O) groups excluding carboxylic acids is 1. The van der Waals surface area contributed by atoms with Gasteiger partial charge >= 0.3 is 0 Å². The monoisotopic (exact) mass is 438 g/mol. The zero-order valence-corrected chi connectivity index (χ0v) is 17.7. The maximum atomic E-state index is 13.2. The molecular weight excluding hydrogens is 415 g/mol. The summed E-state index contributed by atoms with van der Waals surface area (Å²) >= 11 is 0. The van der Waals surface area contributed by atoms with Crippen LogP contribution in [0.15, 0.2) is 83.8 Å². The molecule has 1 N–H and O–H groups in total. The number of hydrogen-bond donors (Lipinski definition) is 1. The van der Waals surface area contributed by atoms with Crippen molar-refractivity contribution in [2.75, 3.05) is 18.4 Å². The van der Waals surface area contributed by atoms with E-state index in [0.29, 0.717) is 25.1 Å². The summed E-state index contributed by atoms with van der Waals surface area (Å²) in [6.07, 6.45) is 1.19. The van der Waals surface area contributed by atoms with Gasteiger partial charge in [-0.3, -0.25) is 4.79 Å². The molecule has 0 aromatic heterocycles. The van der Waals surface area contributed by atoms with Crippen molar-refractivity contribution in [1.82, 2.24) is 4.31 Å². The Kier molecular flexibility index (Phi) is 6.15. The van der Waals surface area contributed by atoms with Gasteiger partial charge in [-0.25, -0.2) is 12.8 Å². The number of para-hydroxylation sites is 1. The van der Waals surface area contributed by atoms with Crippen molar-refractivity contribution in [1.29, 1.82) is 0 Å². The molecule has 3 aromatic carbocycles. The van der Waals surface area contributed by atoms with Crippen LogP contribution >= 0.6 is 0 Å². The van der Waals surface area contributed by atoms with E-state index in [-0.39, 0.29) is 17.3 Å². The van der Waals surface area contributed by atoms with Crippen LogP contribution in [-0.2, 0) is 14.8 Å². The molecule has 4 rings (SSSR count). The molecule has 0 bridgehead atoms. The SMILES string of the molecule is O=C(Nc1ccccc1-c1ccccc1)[C@H]1CCCN(S(=O)(=O)c2ccc(F)cc2)C1. The minimum absolute atomic E-state index is 0.0318. The normalized spacial score (nSPS) is 17.3. The molecule has 1 atom stereocenters. The van der Waals surface area contributed by atoms with Crippen molar-refractivity contribution in [2.45, 2.75) is 17.7 Å². The van der Waals surface area contributed by atoms with Crippen LogP contribution in [0.2, 0.25) is 0 Å². The van der Waals surface area contributed by atoms with Gasteiger partial charge in [0.1, 0.15) is 5.82 Å². The predicted octanol–water partition coefficient (Wildman–Crippen LogP) is 4.53. The summed E-state index contributed by atoms with van der Waals surface area (Å²) in [5.74, 6) is -1.16. The number of sulfonamides is 1. The van der Waals surface area contributed by atoms with Crippen LogP contribution < -0.4 is 5.32 Å². The first-order valence-electron chi connectivity index (χ1n) is 10.2. The van der Waals surface area contributed by atoms with Gasteiger partial charge in [-0.15, -0.1) is 0 Å². The maximum absolute atomic E-state index is 13.2. The Labute approximate surface area is 181 Å². The quantitative estimate of drug-likeness (QED) is 0.636. The highest BCUT2D eigenvalue weighted by Gasteiger charge is 2.33. The van der Waals surface area contributed by atoms with Crippen molar-refractivity contribution < 1.29 is 17.6 Å². The van der Waals surface area contributed by atoms with Gasteiger partial charge in [-0.1, -0.05) is 48.5 Å². The third-order valence-corrected chi connectivity index (χ3v) is 7.36. The van der Waals surface area contributed by atoms with Crippen LogP contribution in [-0.4, -0.2) is 31.7 Å². The van der Waals surface area contributed by atoms with Gasteiger partial charge in [0.2, 0.25) is 15.9 Å². The van der Waals surface area contributed by atoms with Gasteiger partial charge in [0.05, 0.1) is 10.8 Å². The maximum Gasteiger partial charge on any atom is 0.243 e. The molecule has 0 aliphatic carbocycles. The smallest absolute Gasteiger partial charge is 0.243 e. The van der Waals surface area contributed by atoms with E-state index in [1.165, 1.54) is 16.4 Å². The fraction of sp³-hybridized carbons (Fsp3) is 0.208. The topological polar surface area (TPSA) is 66.5 Å². The van der Waals surface area contributed by atoms with E-state index in [9.17, 15) is 17.6 Å². The lowest BCUT2D eigenvalue weighted by molar-refractivity contribution is -0.120. The second-order valence-corrected chi connectivity index (χ2v) is 9.49. The first-order valence-corrected chi connectivity index (χ1v) is 11.6. The highest BCUT2D eigenvalue weighted by molar-refractivity contribution is 7.89. The third-order valence-electron chi connectivity index (χ3n) is 5.48. The molecule has 31 heavy (non-hydrogen) atoms. The van der Waals surface area contributed by atoms with Crippen LogP contribution in [0.3, 0.4) is 0 Å². The first-order chi connectivity index (χ1) is 14.9. The van der Waals surface area contributed by atoms with Gasteiger partial charge in [0.25, 0.3) is 0 Å². The predicted molar refractivity (Wildman–Crippen MR) is 118 cm³/mol. The Hall–Kier alpha value is -3.03. The number of carbonyl (C=O) groups is 1. The lowest BCUT2D eigenvalue weighted by Crippen LogP contribution is -2.43. The Morgan fingerprint density at radius 2 is 1.61 bits per heavy atom. The van der Waals surface area contributed by atoms with Crippen LogP contribution in [0, 0.1) is 11.7 Å². The van der Waals surface area contributed by atoms with Crippen molar-refractivity contribution >= 4 is 21.6 Å². The number of nitrogens with zero attached hydrogens (tertiary/aromatic N) is 1. The highest BCUT2D eigenvalue weighted by Crippen LogP contribution is 2.29. The molecule has 7 heteroatoms. The van der Waals surface area contributed by atoms with Gasteiger partial charge < -0.3 is 5.32 Å². The van der Waals surface area contributed by atoms with Gasteiger partial charge in [-0.2, -0.15) is 4.31 Å². The first kappa shape index (κ1) is 21.2.